The molecule has 1 unspecified atom stereocenters. The second-order valence-electron chi connectivity index (χ2n) is 7.11. The highest BCUT2D eigenvalue weighted by molar-refractivity contribution is 5.67. The van der Waals surface area contributed by atoms with E-state index >= 15 is 0 Å². The van der Waals surface area contributed by atoms with Crippen molar-refractivity contribution in [3.8, 4) is 23.0 Å². The van der Waals surface area contributed by atoms with Crippen LogP contribution in [0.5, 0.6) is 11.5 Å². The van der Waals surface area contributed by atoms with Crippen LogP contribution in [0.25, 0.3) is 11.5 Å². The molecule has 0 aliphatic carbocycles. The van der Waals surface area contributed by atoms with Gasteiger partial charge < -0.3 is 40.3 Å². The number of phenols is 1. The molecule has 0 radical (unpaired) electrons. The van der Waals surface area contributed by atoms with E-state index in [1.165, 1.54) is 30.4 Å². The monoisotopic (exact) mass is 433 g/mol. The summed E-state index contributed by atoms with van der Waals surface area (Å²) in [6.07, 6.45) is -4.05. The summed E-state index contributed by atoms with van der Waals surface area (Å²) in [4.78, 5) is 12.7. The van der Waals surface area contributed by atoms with Crippen molar-refractivity contribution in [2.24, 2.45) is 0 Å². The van der Waals surface area contributed by atoms with E-state index in [-0.39, 0.29) is 12.3 Å². The fraction of sp³-hybridized carbons (Fsp3) is 0.421. The first-order valence-electron chi connectivity index (χ1n) is 9.52. The number of aliphatic hydroxyl groups excluding tert-OH is 4. The van der Waals surface area contributed by atoms with E-state index in [0.717, 1.165) is 0 Å². The zero-order valence-corrected chi connectivity index (χ0v) is 16.5. The summed E-state index contributed by atoms with van der Waals surface area (Å²) in [5, 5.41) is 53.1. The number of methoxy groups -OCH3 is 1. The van der Waals surface area contributed by atoms with Crippen molar-refractivity contribution < 1.29 is 35.0 Å². The number of fused-ring (bicyclic) bond motifs is 1. The number of anilines is 1. The van der Waals surface area contributed by atoms with Gasteiger partial charge in [0, 0.05) is 18.2 Å². The summed E-state index contributed by atoms with van der Waals surface area (Å²) in [5.41, 5.74) is 0.980. The second kappa shape index (κ2) is 8.61. The maximum atomic E-state index is 10.4. The largest absolute Gasteiger partial charge is 0.507 e. The second-order valence-corrected chi connectivity index (χ2v) is 7.11. The number of benzene rings is 1. The molecule has 1 saturated heterocycles. The van der Waals surface area contributed by atoms with Crippen LogP contribution in [0.2, 0.25) is 0 Å². The van der Waals surface area contributed by atoms with Crippen LogP contribution in [0, 0.1) is 0 Å². The number of aromatic hydroxyl groups is 1. The normalized spacial score (nSPS) is 26.2. The lowest BCUT2D eigenvalue weighted by Crippen LogP contribution is -2.56. The Morgan fingerprint density at radius 1 is 1.13 bits per heavy atom. The minimum Gasteiger partial charge on any atom is -0.507 e. The van der Waals surface area contributed by atoms with Gasteiger partial charge in [-0.15, -0.1) is 0 Å². The maximum absolute atomic E-state index is 10.4. The third-order valence-electron chi connectivity index (χ3n) is 5.24. The molecule has 4 rings (SSSR count). The van der Waals surface area contributed by atoms with Crippen molar-refractivity contribution in [1.82, 2.24) is 19.5 Å². The van der Waals surface area contributed by atoms with Crippen LogP contribution in [0.15, 0.2) is 30.9 Å². The molecule has 0 spiro atoms. The van der Waals surface area contributed by atoms with Gasteiger partial charge in [-0.1, -0.05) is 0 Å². The Hall–Kier alpha value is -3.03. The highest BCUT2D eigenvalue weighted by atomic mass is 16.6. The minimum atomic E-state index is -1.53. The van der Waals surface area contributed by atoms with E-state index in [1.807, 2.05) is 0 Å². The van der Waals surface area contributed by atoms with Gasteiger partial charge in [-0.05, 0) is 12.1 Å². The van der Waals surface area contributed by atoms with Crippen LogP contribution in [-0.2, 0) is 11.3 Å². The molecule has 0 saturated carbocycles. The fourth-order valence-electron chi connectivity index (χ4n) is 3.48. The molecule has 3 aliphatic heterocycles. The Morgan fingerprint density at radius 2 is 1.94 bits per heavy atom. The van der Waals surface area contributed by atoms with Crippen LogP contribution >= 0.6 is 0 Å². The first kappa shape index (κ1) is 21.2. The molecule has 1 aromatic rings. The third kappa shape index (κ3) is 3.86. The molecular formula is C19H23N5O7. The molecule has 3 aliphatic rings. The maximum Gasteiger partial charge on any atom is 0.167 e. The Labute approximate surface area is 176 Å². The average molecular weight is 433 g/mol. The van der Waals surface area contributed by atoms with Gasteiger partial charge >= 0.3 is 0 Å². The van der Waals surface area contributed by atoms with Crippen LogP contribution in [-0.4, -0.2) is 83.2 Å². The van der Waals surface area contributed by atoms with Gasteiger partial charge in [-0.2, -0.15) is 0 Å². The zero-order valence-electron chi connectivity index (χ0n) is 16.5. The first-order valence-corrected chi connectivity index (χ1v) is 9.52. The predicted octanol–water partition coefficient (Wildman–Crippen LogP) is -0.923. The van der Waals surface area contributed by atoms with Crippen LogP contribution in [0.3, 0.4) is 0 Å². The Kier molecular flexibility index (Phi) is 5.89. The highest BCUT2D eigenvalue weighted by Gasteiger charge is 2.45. The summed E-state index contributed by atoms with van der Waals surface area (Å²) in [5.74, 6) is 1.28. The van der Waals surface area contributed by atoms with Crippen molar-refractivity contribution in [2.75, 3.05) is 19.0 Å². The summed E-state index contributed by atoms with van der Waals surface area (Å²) in [7, 11) is 1.51. The number of nitrogens with one attached hydrogen (secondary N) is 1. The standard InChI is InChI=1S/C19H23N5O7/c1-30-10-3-2-9(11(26)4-10)5-20-17-13-18(22-7-21-13)24(8-23-17)19-16(29)15(28)14(27)12(6-25)31-19/h2-4,7-8,12,14-16,19-20,25-29H,5-6H2,1H3/t12-,14-,15+,16-,19?/m1/s1. The third-order valence-corrected chi connectivity index (χ3v) is 5.24. The van der Waals surface area contributed by atoms with E-state index in [9.17, 15) is 25.5 Å². The Morgan fingerprint density at radius 3 is 2.65 bits per heavy atom. The molecule has 1 aromatic carbocycles. The number of ether oxygens (including phenoxy) is 2. The van der Waals surface area contributed by atoms with Crippen molar-refractivity contribution >= 4 is 5.82 Å². The molecule has 0 bridgehead atoms. The molecule has 31 heavy (non-hydrogen) atoms. The van der Waals surface area contributed by atoms with Crippen LogP contribution in [0.4, 0.5) is 5.82 Å². The molecule has 3 heterocycles. The molecule has 166 valence electrons. The van der Waals surface area contributed by atoms with E-state index in [4.69, 9.17) is 9.47 Å². The van der Waals surface area contributed by atoms with E-state index in [2.05, 4.69) is 20.3 Å². The lowest BCUT2D eigenvalue weighted by atomic mass is 9.98. The summed E-state index contributed by atoms with van der Waals surface area (Å²) in [6.45, 7) is -0.300. The van der Waals surface area contributed by atoms with Gasteiger partial charge in [-0.25, -0.2) is 15.0 Å². The van der Waals surface area contributed by atoms with Gasteiger partial charge in [0.2, 0.25) is 0 Å². The first-order chi connectivity index (χ1) is 14.9. The summed E-state index contributed by atoms with van der Waals surface area (Å²) in [6, 6.07) is 4.94. The quantitative estimate of drug-likeness (QED) is 0.283. The van der Waals surface area contributed by atoms with E-state index in [1.54, 1.807) is 12.1 Å². The van der Waals surface area contributed by atoms with E-state index < -0.39 is 37.3 Å². The molecule has 6 N–H and O–H groups in total. The smallest absolute Gasteiger partial charge is 0.167 e. The van der Waals surface area contributed by atoms with Crippen LogP contribution < -0.4 is 10.1 Å². The number of phenolic OH excluding ortho intramolecular Hbond substituents is 1. The molecule has 0 aromatic heterocycles. The number of hydrogen-bond acceptors (Lipinski definition) is 11. The van der Waals surface area contributed by atoms with Gasteiger partial charge in [-0.3, -0.25) is 4.57 Å². The van der Waals surface area contributed by atoms with Gasteiger partial charge in [0.15, 0.2) is 23.6 Å². The molecule has 1 fully saturated rings. The number of aromatic nitrogens is 4. The van der Waals surface area contributed by atoms with Crippen molar-refractivity contribution in [1.29, 1.82) is 0 Å². The number of hydrogen-bond donors (Lipinski definition) is 6. The summed E-state index contributed by atoms with van der Waals surface area (Å²) >= 11 is 0. The van der Waals surface area contributed by atoms with Crippen molar-refractivity contribution in [3.63, 3.8) is 0 Å². The van der Waals surface area contributed by atoms with Crippen LogP contribution in [0.1, 0.15) is 11.8 Å². The lowest BCUT2D eigenvalue weighted by Gasteiger charge is -2.41. The van der Waals surface area contributed by atoms with Gasteiger partial charge in [0.05, 0.1) is 13.7 Å². The van der Waals surface area contributed by atoms with Crippen molar-refractivity contribution in [3.05, 3.63) is 36.4 Å². The Bertz CT molecular complexity index is 1010. The van der Waals surface area contributed by atoms with E-state index in [0.29, 0.717) is 28.6 Å². The van der Waals surface area contributed by atoms with Gasteiger partial charge in [0.25, 0.3) is 0 Å². The Balaban J connectivity index is 1.59. The topological polar surface area (TPSA) is 175 Å². The van der Waals surface area contributed by atoms with Gasteiger partial charge in [0.1, 0.15) is 48.6 Å². The number of imidazole rings is 1. The molecule has 0 amide bonds. The predicted molar refractivity (Wildman–Crippen MR) is 105 cm³/mol. The molecule has 12 nitrogen and oxygen atoms in total. The number of rotatable bonds is 6. The number of nitrogens with zero attached hydrogens (tertiary/aromatic N) is 4. The summed E-state index contributed by atoms with van der Waals surface area (Å²) < 4.78 is 12.0. The minimum absolute atomic E-state index is 0.0593. The van der Waals surface area contributed by atoms with Crippen molar-refractivity contribution in [2.45, 2.75) is 37.2 Å². The zero-order chi connectivity index (χ0) is 22.1. The highest BCUT2D eigenvalue weighted by Crippen LogP contribution is 2.34. The molecular weight excluding hydrogens is 410 g/mol. The fourth-order valence-corrected chi connectivity index (χ4v) is 3.48. The lowest BCUT2D eigenvalue weighted by molar-refractivity contribution is -0.251. The molecule has 5 atom stereocenters. The SMILES string of the molecule is COc1ccc(CNc2ncn(C3O[C@H](CO)[C@@H](O)[C@H](O)[C@H]3O)c3ncnc2-3)c(O)c1. The average Bonchev–Trinajstić information content (AvgIpc) is 3.27. The molecule has 12 heteroatoms. The number of aliphatic hydroxyl groups is 4.